The Morgan fingerprint density at radius 3 is 2.62 bits per heavy atom. The Hall–Kier alpha value is -2.76. The van der Waals surface area contributed by atoms with E-state index in [2.05, 4.69) is 10.2 Å². The smallest absolute Gasteiger partial charge is 0.266 e. The zero-order chi connectivity index (χ0) is 18.9. The largest absolute Gasteiger partial charge is 0.497 e. The van der Waals surface area contributed by atoms with Crippen LogP contribution in [0.3, 0.4) is 0 Å². The Bertz CT molecular complexity index is 691. The fraction of sp³-hybridized carbons (Fsp3) is 0.444. The minimum absolute atomic E-state index is 0.0437. The van der Waals surface area contributed by atoms with E-state index < -0.39 is 0 Å². The molecule has 0 aliphatic carbocycles. The number of carbonyl (C=O) groups excluding carboxylic acids is 1. The van der Waals surface area contributed by atoms with Crippen LogP contribution >= 0.6 is 0 Å². The van der Waals surface area contributed by atoms with Gasteiger partial charge in [0.15, 0.2) is 0 Å². The number of methoxy groups -OCH3 is 2. The molecule has 26 heavy (non-hydrogen) atoms. The second kappa shape index (κ2) is 9.65. The number of benzene rings is 1. The molecule has 1 fully saturated rings. The van der Waals surface area contributed by atoms with Crippen LogP contribution in [0.4, 0.5) is 5.69 Å². The quantitative estimate of drug-likeness (QED) is 0.543. The maximum atomic E-state index is 12.6. The minimum atomic E-state index is -0.283. The summed E-state index contributed by atoms with van der Waals surface area (Å²) in [6, 6.07) is 7.23. The Morgan fingerprint density at radius 1 is 1.31 bits per heavy atom. The van der Waals surface area contributed by atoms with Gasteiger partial charge in [0.1, 0.15) is 23.1 Å². The highest BCUT2D eigenvalue weighted by Crippen LogP contribution is 2.29. The molecule has 1 amide bonds. The lowest BCUT2D eigenvalue weighted by atomic mass is 10.2. The number of carbonyl (C=O) groups is 1. The molecule has 3 N–H and O–H groups in total. The highest BCUT2D eigenvalue weighted by atomic mass is 16.5. The SMILES string of the molecule is COc1ccc(OC)c(N/C=C(/C#N)C(=O)N2CCN(CCN)CC2)c1. The zero-order valence-corrected chi connectivity index (χ0v) is 15.2. The molecule has 140 valence electrons. The molecule has 0 spiro atoms. The van der Waals surface area contributed by atoms with Crippen molar-refractivity contribution in [1.82, 2.24) is 9.80 Å². The second-order valence-corrected chi connectivity index (χ2v) is 5.80. The molecule has 0 unspecified atom stereocenters. The van der Waals surface area contributed by atoms with Crippen molar-refractivity contribution in [3.8, 4) is 17.6 Å². The zero-order valence-electron chi connectivity index (χ0n) is 15.2. The van der Waals surface area contributed by atoms with Crippen molar-refractivity contribution in [3.63, 3.8) is 0 Å². The van der Waals surface area contributed by atoms with Crippen molar-refractivity contribution < 1.29 is 14.3 Å². The Kier molecular flexibility index (Phi) is 7.26. The number of nitrogens with one attached hydrogen (secondary N) is 1. The van der Waals surface area contributed by atoms with Gasteiger partial charge in [-0.15, -0.1) is 0 Å². The molecule has 0 saturated carbocycles. The predicted molar refractivity (Wildman–Crippen MR) is 98.9 cm³/mol. The lowest BCUT2D eigenvalue weighted by Crippen LogP contribution is -2.50. The summed E-state index contributed by atoms with van der Waals surface area (Å²) in [5.74, 6) is 0.944. The third kappa shape index (κ3) is 4.88. The number of hydrogen-bond donors (Lipinski definition) is 2. The van der Waals surface area contributed by atoms with Crippen molar-refractivity contribution in [3.05, 3.63) is 30.0 Å². The molecule has 1 aromatic rings. The van der Waals surface area contributed by atoms with E-state index >= 15 is 0 Å². The van der Waals surface area contributed by atoms with Gasteiger partial charge >= 0.3 is 0 Å². The van der Waals surface area contributed by atoms with Gasteiger partial charge in [-0.1, -0.05) is 0 Å². The third-order valence-corrected chi connectivity index (χ3v) is 4.23. The molecule has 0 bridgehead atoms. The van der Waals surface area contributed by atoms with Crippen molar-refractivity contribution in [2.75, 3.05) is 58.8 Å². The van der Waals surface area contributed by atoms with Gasteiger partial charge in [0, 0.05) is 51.5 Å². The fourth-order valence-electron chi connectivity index (χ4n) is 2.75. The van der Waals surface area contributed by atoms with Crippen molar-refractivity contribution in [2.45, 2.75) is 0 Å². The summed E-state index contributed by atoms with van der Waals surface area (Å²) < 4.78 is 10.5. The van der Waals surface area contributed by atoms with Crippen LogP contribution in [0, 0.1) is 11.3 Å². The highest BCUT2D eigenvalue weighted by molar-refractivity contribution is 5.97. The number of amides is 1. The van der Waals surface area contributed by atoms with E-state index in [1.54, 1.807) is 37.3 Å². The number of piperazine rings is 1. The number of rotatable bonds is 7. The summed E-state index contributed by atoms with van der Waals surface area (Å²) in [7, 11) is 3.11. The summed E-state index contributed by atoms with van der Waals surface area (Å²) in [6.07, 6.45) is 1.41. The predicted octanol–water partition coefficient (Wildman–Crippen LogP) is 0.626. The number of nitriles is 1. The molecule has 2 rings (SSSR count). The van der Waals surface area contributed by atoms with Crippen LogP contribution in [0.5, 0.6) is 11.5 Å². The van der Waals surface area contributed by atoms with E-state index in [0.29, 0.717) is 36.8 Å². The molecule has 0 atom stereocenters. The fourth-order valence-corrected chi connectivity index (χ4v) is 2.75. The van der Waals surface area contributed by atoms with E-state index in [0.717, 1.165) is 19.6 Å². The van der Waals surface area contributed by atoms with E-state index in [1.807, 2.05) is 6.07 Å². The lowest BCUT2D eigenvalue weighted by Gasteiger charge is -2.34. The van der Waals surface area contributed by atoms with Crippen molar-refractivity contribution >= 4 is 11.6 Å². The number of anilines is 1. The van der Waals surface area contributed by atoms with Crippen molar-refractivity contribution in [2.24, 2.45) is 5.73 Å². The summed E-state index contributed by atoms with van der Waals surface area (Å²) in [5.41, 5.74) is 6.22. The summed E-state index contributed by atoms with van der Waals surface area (Å²) in [6.45, 7) is 4.11. The average Bonchev–Trinajstić information content (AvgIpc) is 2.68. The minimum Gasteiger partial charge on any atom is -0.497 e. The van der Waals surface area contributed by atoms with E-state index in [9.17, 15) is 10.1 Å². The van der Waals surface area contributed by atoms with Gasteiger partial charge in [-0.2, -0.15) is 5.26 Å². The summed E-state index contributed by atoms with van der Waals surface area (Å²) >= 11 is 0. The number of hydrogen-bond acceptors (Lipinski definition) is 7. The Balaban J connectivity index is 2.06. The van der Waals surface area contributed by atoms with Crippen LogP contribution in [0.25, 0.3) is 0 Å². The van der Waals surface area contributed by atoms with Crippen LogP contribution in [0.2, 0.25) is 0 Å². The Morgan fingerprint density at radius 2 is 2.04 bits per heavy atom. The molecule has 1 saturated heterocycles. The average molecular weight is 359 g/mol. The standard InChI is InChI=1S/C18H25N5O3/c1-25-15-3-4-17(26-2)16(11-15)21-13-14(12-20)18(24)23-9-7-22(6-5-19)8-10-23/h3-4,11,13,21H,5-10,19H2,1-2H3/b14-13-. The molecule has 0 aromatic heterocycles. The Labute approximate surface area is 153 Å². The number of nitrogens with zero attached hydrogens (tertiary/aromatic N) is 3. The molecule has 1 aliphatic heterocycles. The summed E-state index contributed by atoms with van der Waals surface area (Å²) in [4.78, 5) is 16.5. The second-order valence-electron chi connectivity index (χ2n) is 5.80. The van der Waals surface area contributed by atoms with Gasteiger partial charge in [0.05, 0.1) is 19.9 Å². The van der Waals surface area contributed by atoms with Crippen LogP contribution < -0.4 is 20.5 Å². The molecule has 8 heteroatoms. The molecular formula is C18H25N5O3. The van der Waals surface area contributed by atoms with E-state index in [-0.39, 0.29) is 11.5 Å². The molecule has 8 nitrogen and oxygen atoms in total. The molecule has 1 aromatic carbocycles. The molecule has 1 heterocycles. The van der Waals surface area contributed by atoms with Crippen LogP contribution in [-0.4, -0.2) is 69.2 Å². The topological polar surface area (TPSA) is 104 Å². The van der Waals surface area contributed by atoms with Gasteiger partial charge < -0.3 is 25.4 Å². The van der Waals surface area contributed by atoms with Gasteiger partial charge in [0.25, 0.3) is 5.91 Å². The lowest BCUT2D eigenvalue weighted by molar-refractivity contribution is -0.128. The first kappa shape index (κ1) is 19.6. The maximum Gasteiger partial charge on any atom is 0.266 e. The van der Waals surface area contributed by atoms with Crippen LogP contribution in [0.15, 0.2) is 30.0 Å². The first-order valence-electron chi connectivity index (χ1n) is 8.43. The molecular weight excluding hydrogens is 334 g/mol. The first-order valence-corrected chi connectivity index (χ1v) is 8.43. The highest BCUT2D eigenvalue weighted by Gasteiger charge is 2.23. The third-order valence-electron chi connectivity index (χ3n) is 4.23. The van der Waals surface area contributed by atoms with Gasteiger partial charge in [-0.25, -0.2) is 0 Å². The number of nitrogens with two attached hydrogens (primary N) is 1. The molecule has 0 radical (unpaired) electrons. The molecule has 1 aliphatic rings. The van der Waals surface area contributed by atoms with E-state index in [1.165, 1.54) is 6.20 Å². The van der Waals surface area contributed by atoms with Crippen molar-refractivity contribution in [1.29, 1.82) is 5.26 Å². The number of ether oxygens (including phenoxy) is 2. The van der Waals surface area contributed by atoms with Crippen LogP contribution in [0.1, 0.15) is 0 Å². The van der Waals surface area contributed by atoms with E-state index in [4.69, 9.17) is 15.2 Å². The van der Waals surface area contributed by atoms with Crippen LogP contribution in [-0.2, 0) is 4.79 Å². The summed E-state index contributed by atoms with van der Waals surface area (Å²) in [5, 5.41) is 12.4. The van der Waals surface area contributed by atoms with Gasteiger partial charge in [-0.3, -0.25) is 9.69 Å². The normalized spacial score (nSPS) is 15.3. The first-order chi connectivity index (χ1) is 12.6. The van der Waals surface area contributed by atoms with Gasteiger partial charge in [0.2, 0.25) is 0 Å². The maximum absolute atomic E-state index is 12.6. The van der Waals surface area contributed by atoms with Gasteiger partial charge in [-0.05, 0) is 12.1 Å². The monoisotopic (exact) mass is 359 g/mol.